The number of hydrogen-bond acceptors (Lipinski definition) is 5. The number of thiophene rings is 1. The molecule has 4 rings (SSSR count). The average molecular weight is 567 g/mol. The summed E-state index contributed by atoms with van der Waals surface area (Å²) in [6.45, 7) is 1.89. The predicted octanol–water partition coefficient (Wildman–Crippen LogP) is 3.50. The first-order valence-electron chi connectivity index (χ1n) is 7.52. The molecule has 0 bridgehead atoms. The van der Waals surface area contributed by atoms with Crippen LogP contribution in [0.1, 0.15) is 32.5 Å². The lowest BCUT2D eigenvalue weighted by Gasteiger charge is -2.27. The van der Waals surface area contributed by atoms with E-state index < -0.39 is 0 Å². The number of amides is 1. The number of phenols is 1. The van der Waals surface area contributed by atoms with Crippen molar-refractivity contribution in [3.63, 3.8) is 0 Å². The summed E-state index contributed by atoms with van der Waals surface area (Å²) in [5, 5.41) is 17.4. The van der Waals surface area contributed by atoms with E-state index in [0.29, 0.717) is 0 Å². The molecule has 0 fully saturated rings. The Labute approximate surface area is 171 Å². The number of nitrogens with zero attached hydrogens (tertiary/aromatic N) is 1. The minimum absolute atomic E-state index is 0.00565. The zero-order valence-corrected chi connectivity index (χ0v) is 18.0. The number of halogens is 2. The van der Waals surface area contributed by atoms with Gasteiger partial charge in [0.05, 0.1) is 12.7 Å². The number of nitrogens with one attached hydrogen (secondary N) is 2. The lowest BCUT2D eigenvalue weighted by Crippen LogP contribution is -2.38. The SMILES string of the molecule is CN1CCc2c(sc3c2C(=O)N[C@@H](c2cc(I)c(O)c(I)c2)N3)C1. The van der Waals surface area contributed by atoms with E-state index in [2.05, 4.69) is 67.8 Å². The number of rotatable bonds is 1. The molecule has 126 valence electrons. The number of carbonyl (C=O) groups excluding carboxylic acids is 1. The van der Waals surface area contributed by atoms with Crippen LogP contribution in [0.25, 0.3) is 0 Å². The number of fused-ring (bicyclic) bond motifs is 3. The third kappa shape index (κ3) is 2.80. The molecule has 3 N–H and O–H groups in total. The number of phenolic OH excluding ortho intramolecular Hbond substituents is 1. The number of likely N-dealkylation sites (N-methyl/N-ethyl adjacent to an activating group) is 1. The molecule has 1 aromatic carbocycles. The highest BCUT2D eigenvalue weighted by molar-refractivity contribution is 14.1. The van der Waals surface area contributed by atoms with Gasteiger partial charge in [-0.05, 0) is 81.9 Å². The van der Waals surface area contributed by atoms with E-state index >= 15 is 0 Å². The van der Waals surface area contributed by atoms with Gasteiger partial charge in [-0.1, -0.05) is 0 Å². The van der Waals surface area contributed by atoms with E-state index in [-0.39, 0.29) is 17.8 Å². The number of anilines is 1. The van der Waals surface area contributed by atoms with Crippen molar-refractivity contribution in [2.75, 3.05) is 18.9 Å². The fourth-order valence-electron chi connectivity index (χ4n) is 3.16. The maximum absolute atomic E-state index is 12.7. The highest BCUT2D eigenvalue weighted by Crippen LogP contribution is 2.41. The van der Waals surface area contributed by atoms with Gasteiger partial charge in [-0.3, -0.25) is 4.79 Å². The van der Waals surface area contributed by atoms with Crippen molar-refractivity contribution >= 4 is 67.4 Å². The Hall–Kier alpha value is -0.590. The van der Waals surface area contributed by atoms with E-state index in [0.717, 1.165) is 42.8 Å². The summed E-state index contributed by atoms with van der Waals surface area (Å²) in [6.07, 6.45) is 0.650. The van der Waals surface area contributed by atoms with E-state index in [9.17, 15) is 9.90 Å². The smallest absolute Gasteiger partial charge is 0.256 e. The van der Waals surface area contributed by atoms with Crippen molar-refractivity contribution in [2.45, 2.75) is 19.1 Å². The average Bonchev–Trinajstić information content (AvgIpc) is 2.89. The largest absolute Gasteiger partial charge is 0.506 e. The van der Waals surface area contributed by atoms with Gasteiger partial charge in [-0.2, -0.15) is 0 Å². The van der Waals surface area contributed by atoms with Gasteiger partial charge in [0.15, 0.2) is 0 Å². The third-order valence-corrected chi connectivity index (χ3v) is 7.19. The highest BCUT2D eigenvalue weighted by Gasteiger charge is 2.33. The standard InChI is InChI=1S/C16H15I2N3O2S/c1-21-3-2-8-11(6-21)24-16-12(8)15(23)19-14(20-16)7-4-9(17)13(22)10(18)5-7/h4-5,14,20,22H,2-3,6H2,1H3,(H,19,23)/t14-/m1/s1. The summed E-state index contributed by atoms with van der Waals surface area (Å²) >= 11 is 5.91. The lowest BCUT2D eigenvalue weighted by molar-refractivity contribution is 0.0935. The van der Waals surface area contributed by atoms with E-state index in [1.807, 2.05) is 12.1 Å². The molecule has 1 amide bonds. The van der Waals surface area contributed by atoms with Crippen molar-refractivity contribution in [3.05, 3.63) is 40.8 Å². The van der Waals surface area contributed by atoms with Gasteiger partial charge < -0.3 is 20.6 Å². The second kappa shape index (κ2) is 6.29. The first kappa shape index (κ1) is 16.9. The molecule has 5 nitrogen and oxygen atoms in total. The number of carbonyl (C=O) groups is 1. The van der Waals surface area contributed by atoms with Crippen LogP contribution in [0.15, 0.2) is 12.1 Å². The van der Waals surface area contributed by atoms with Crippen LogP contribution in [0.3, 0.4) is 0 Å². The summed E-state index contributed by atoms with van der Waals surface area (Å²) in [7, 11) is 2.11. The molecule has 0 spiro atoms. The lowest BCUT2D eigenvalue weighted by atomic mass is 10.0. The van der Waals surface area contributed by atoms with Crippen molar-refractivity contribution in [2.24, 2.45) is 0 Å². The first-order valence-corrected chi connectivity index (χ1v) is 10.5. The molecule has 24 heavy (non-hydrogen) atoms. The van der Waals surface area contributed by atoms with Crippen molar-refractivity contribution in [1.82, 2.24) is 10.2 Å². The molecule has 0 saturated heterocycles. The second-order valence-electron chi connectivity index (χ2n) is 6.08. The zero-order valence-electron chi connectivity index (χ0n) is 12.8. The minimum atomic E-state index is -0.273. The maximum Gasteiger partial charge on any atom is 0.256 e. The van der Waals surface area contributed by atoms with Gasteiger partial charge in [0.25, 0.3) is 5.91 Å². The van der Waals surface area contributed by atoms with E-state index in [1.165, 1.54) is 10.4 Å². The third-order valence-electron chi connectivity index (χ3n) is 4.40. The van der Waals surface area contributed by atoms with Crippen molar-refractivity contribution in [1.29, 1.82) is 0 Å². The monoisotopic (exact) mass is 567 g/mol. The summed E-state index contributed by atoms with van der Waals surface area (Å²) < 4.78 is 1.56. The Kier molecular flexibility index (Phi) is 4.42. The molecule has 1 atom stereocenters. The van der Waals surface area contributed by atoms with Gasteiger partial charge in [-0.15, -0.1) is 11.3 Å². The molecule has 0 aliphatic carbocycles. The van der Waals surface area contributed by atoms with Gasteiger partial charge in [0.2, 0.25) is 0 Å². The molecule has 2 aliphatic rings. The normalized spacial score (nSPS) is 20.1. The fourth-order valence-corrected chi connectivity index (χ4v) is 6.33. The van der Waals surface area contributed by atoms with Crippen LogP contribution >= 0.6 is 56.5 Å². The molecule has 0 unspecified atom stereocenters. The number of aromatic hydroxyl groups is 1. The Bertz CT molecular complexity index is 829. The van der Waals surface area contributed by atoms with Crippen LogP contribution in [0.4, 0.5) is 5.00 Å². The Balaban J connectivity index is 1.71. The molecule has 8 heteroatoms. The molecule has 3 heterocycles. The Morgan fingerprint density at radius 1 is 1.29 bits per heavy atom. The van der Waals surface area contributed by atoms with Gasteiger partial charge in [0.1, 0.15) is 16.9 Å². The second-order valence-corrected chi connectivity index (χ2v) is 9.51. The molecule has 2 aromatic rings. The Morgan fingerprint density at radius 3 is 2.71 bits per heavy atom. The molecule has 0 saturated carbocycles. The molecule has 0 radical (unpaired) electrons. The molecular formula is C16H15I2N3O2S. The van der Waals surface area contributed by atoms with Crippen LogP contribution in [0.5, 0.6) is 5.75 Å². The quantitative estimate of drug-likeness (QED) is 0.462. The fraction of sp³-hybridized carbons (Fsp3) is 0.312. The summed E-state index contributed by atoms with van der Waals surface area (Å²) in [4.78, 5) is 16.3. The van der Waals surface area contributed by atoms with Crippen LogP contribution in [-0.2, 0) is 13.0 Å². The number of hydrogen-bond donors (Lipinski definition) is 3. The zero-order chi connectivity index (χ0) is 17.0. The van der Waals surface area contributed by atoms with Gasteiger partial charge in [0, 0.05) is 18.0 Å². The predicted molar refractivity (Wildman–Crippen MR) is 112 cm³/mol. The number of benzene rings is 1. The van der Waals surface area contributed by atoms with Crippen LogP contribution in [0.2, 0.25) is 0 Å². The molecule has 1 aromatic heterocycles. The van der Waals surface area contributed by atoms with Crippen LogP contribution < -0.4 is 10.6 Å². The topological polar surface area (TPSA) is 64.6 Å². The summed E-state index contributed by atoms with van der Waals surface area (Å²) in [5.74, 6) is 0.284. The summed E-state index contributed by atoms with van der Waals surface area (Å²) in [6, 6.07) is 3.81. The van der Waals surface area contributed by atoms with E-state index in [4.69, 9.17) is 0 Å². The van der Waals surface area contributed by atoms with Crippen LogP contribution in [-0.4, -0.2) is 29.5 Å². The first-order chi connectivity index (χ1) is 11.4. The van der Waals surface area contributed by atoms with Gasteiger partial charge >= 0.3 is 0 Å². The summed E-state index contributed by atoms with van der Waals surface area (Å²) in [5.41, 5.74) is 2.97. The van der Waals surface area contributed by atoms with Crippen molar-refractivity contribution in [3.8, 4) is 5.75 Å². The molecule has 2 aliphatic heterocycles. The van der Waals surface area contributed by atoms with Crippen LogP contribution in [0, 0.1) is 7.14 Å². The Morgan fingerprint density at radius 2 is 2.00 bits per heavy atom. The van der Waals surface area contributed by atoms with Crippen molar-refractivity contribution < 1.29 is 9.90 Å². The minimum Gasteiger partial charge on any atom is -0.506 e. The molecular weight excluding hydrogens is 552 g/mol. The highest BCUT2D eigenvalue weighted by atomic mass is 127. The van der Waals surface area contributed by atoms with E-state index in [1.54, 1.807) is 11.3 Å². The van der Waals surface area contributed by atoms with Gasteiger partial charge in [-0.25, -0.2) is 0 Å². The maximum atomic E-state index is 12.7.